The highest BCUT2D eigenvalue weighted by atomic mass is 35.5. The van der Waals surface area contributed by atoms with Gasteiger partial charge in [-0.1, -0.05) is 24.6 Å². The molecule has 1 saturated heterocycles. The van der Waals surface area contributed by atoms with Crippen molar-refractivity contribution >= 4 is 23.2 Å². The lowest BCUT2D eigenvalue weighted by molar-refractivity contribution is -0.900. The van der Waals surface area contributed by atoms with E-state index in [1.807, 2.05) is 25.1 Å². The Morgan fingerprint density at radius 2 is 2.32 bits per heavy atom. The summed E-state index contributed by atoms with van der Waals surface area (Å²) in [6, 6.07) is 5.63. The number of hydrogen-bond donors (Lipinski definition) is 2. The van der Waals surface area contributed by atoms with Gasteiger partial charge in [0.25, 0.3) is 5.91 Å². The van der Waals surface area contributed by atoms with Gasteiger partial charge < -0.3 is 10.2 Å². The summed E-state index contributed by atoms with van der Waals surface area (Å²) in [6.45, 7) is 6.97. The highest BCUT2D eigenvalue weighted by molar-refractivity contribution is 6.31. The highest BCUT2D eigenvalue weighted by Crippen LogP contribution is 2.19. The SMILES string of the molecule is Cc1ccc(NC(=O)C[NH+]2CCC[C@@H](C)C2)cc1Cl. The molecular formula is C15H22ClN2O+. The number of hydrogen-bond acceptors (Lipinski definition) is 1. The van der Waals surface area contributed by atoms with Gasteiger partial charge in [-0.05, 0) is 37.5 Å². The number of nitrogens with one attached hydrogen (secondary N) is 2. The Labute approximate surface area is 119 Å². The van der Waals surface area contributed by atoms with Gasteiger partial charge in [-0.3, -0.25) is 4.79 Å². The maximum absolute atomic E-state index is 12.0. The predicted molar refractivity (Wildman–Crippen MR) is 78.8 cm³/mol. The molecule has 4 heteroatoms. The van der Waals surface area contributed by atoms with Gasteiger partial charge in [-0.25, -0.2) is 0 Å². The molecule has 104 valence electrons. The van der Waals surface area contributed by atoms with Crippen molar-refractivity contribution in [1.29, 1.82) is 0 Å². The normalized spacial score (nSPS) is 23.1. The van der Waals surface area contributed by atoms with Gasteiger partial charge in [-0.2, -0.15) is 0 Å². The van der Waals surface area contributed by atoms with E-state index in [1.165, 1.54) is 17.7 Å². The summed E-state index contributed by atoms with van der Waals surface area (Å²) >= 11 is 6.05. The Morgan fingerprint density at radius 3 is 3.00 bits per heavy atom. The fourth-order valence-corrected chi connectivity index (χ4v) is 2.84. The molecule has 1 aromatic rings. The number of piperidine rings is 1. The highest BCUT2D eigenvalue weighted by Gasteiger charge is 2.21. The van der Waals surface area contributed by atoms with E-state index < -0.39 is 0 Å². The summed E-state index contributed by atoms with van der Waals surface area (Å²) in [4.78, 5) is 13.4. The number of halogens is 1. The minimum Gasteiger partial charge on any atom is -0.327 e. The number of amides is 1. The molecule has 1 aromatic carbocycles. The third-order valence-electron chi connectivity index (χ3n) is 3.73. The lowest BCUT2D eigenvalue weighted by Gasteiger charge is -2.27. The molecule has 1 amide bonds. The van der Waals surface area contributed by atoms with Gasteiger partial charge in [0.2, 0.25) is 0 Å². The van der Waals surface area contributed by atoms with Gasteiger partial charge in [0.05, 0.1) is 13.1 Å². The molecule has 1 unspecified atom stereocenters. The van der Waals surface area contributed by atoms with E-state index in [9.17, 15) is 4.79 Å². The van der Waals surface area contributed by atoms with Crippen molar-refractivity contribution in [2.75, 3.05) is 25.0 Å². The fourth-order valence-electron chi connectivity index (χ4n) is 2.66. The Kier molecular flexibility index (Phi) is 4.83. The Balaban J connectivity index is 1.88. The molecule has 1 aliphatic rings. The maximum Gasteiger partial charge on any atom is 0.279 e. The van der Waals surface area contributed by atoms with E-state index in [2.05, 4.69) is 12.2 Å². The monoisotopic (exact) mass is 281 g/mol. The first-order valence-corrected chi connectivity index (χ1v) is 7.32. The summed E-state index contributed by atoms with van der Waals surface area (Å²) in [5.41, 5.74) is 1.81. The first kappa shape index (κ1) is 14.4. The molecular weight excluding hydrogens is 260 g/mol. The number of rotatable bonds is 3. The van der Waals surface area contributed by atoms with Gasteiger partial charge in [-0.15, -0.1) is 0 Å². The third-order valence-corrected chi connectivity index (χ3v) is 4.14. The average molecular weight is 282 g/mol. The second-order valence-electron chi connectivity index (χ2n) is 5.64. The quantitative estimate of drug-likeness (QED) is 0.872. The van der Waals surface area contributed by atoms with Gasteiger partial charge in [0.15, 0.2) is 6.54 Å². The zero-order valence-electron chi connectivity index (χ0n) is 11.6. The summed E-state index contributed by atoms with van der Waals surface area (Å²) in [7, 11) is 0. The third kappa shape index (κ3) is 4.22. The molecule has 2 rings (SSSR count). The minimum atomic E-state index is 0.0732. The Bertz CT molecular complexity index is 461. The van der Waals surface area contributed by atoms with Gasteiger partial charge in [0, 0.05) is 16.6 Å². The summed E-state index contributed by atoms with van der Waals surface area (Å²) in [6.07, 6.45) is 2.51. The molecule has 0 aromatic heterocycles. The van der Waals surface area contributed by atoms with Gasteiger partial charge in [0.1, 0.15) is 0 Å². The molecule has 1 fully saturated rings. The summed E-state index contributed by atoms with van der Waals surface area (Å²) in [5.74, 6) is 0.800. The van der Waals surface area contributed by atoms with Crippen molar-refractivity contribution in [3.05, 3.63) is 28.8 Å². The molecule has 2 atom stereocenters. The lowest BCUT2D eigenvalue weighted by Crippen LogP contribution is -3.14. The molecule has 3 nitrogen and oxygen atoms in total. The van der Waals surface area contributed by atoms with E-state index in [1.54, 1.807) is 0 Å². The van der Waals surface area contributed by atoms with Crippen molar-refractivity contribution in [3.8, 4) is 0 Å². The zero-order chi connectivity index (χ0) is 13.8. The van der Waals surface area contributed by atoms with Crippen molar-refractivity contribution in [2.24, 2.45) is 5.92 Å². The van der Waals surface area contributed by atoms with Crippen LogP contribution in [-0.4, -0.2) is 25.5 Å². The van der Waals surface area contributed by atoms with E-state index in [-0.39, 0.29) is 5.91 Å². The van der Waals surface area contributed by atoms with Crippen LogP contribution in [0.1, 0.15) is 25.3 Å². The number of anilines is 1. The fraction of sp³-hybridized carbons (Fsp3) is 0.533. The van der Waals surface area contributed by atoms with E-state index in [0.717, 1.165) is 30.3 Å². The Hall–Kier alpha value is -1.06. The van der Waals surface area contributed by atoms with Crippen molar-refractivity contribution in [1.82, 2.24) is 0 Å². The van der Waals surface area contributed by atoms with Crippen LogP contribution in [0.25, 0.3) is 0 Å². The average Bonchev–Trinajstić information content (AvgIpc) is 2.34. The minimum absolute atomic E-state index is 0.0732. The van der Waals surface area contributed by atoms with Crippen LogP contribution in [0.5, 0.6) is 0 Å². The number of aryl methyl sites for hydroxylation is 1. The van der Waals surface area contributed by atoms with Crippen molar-refractivity contribution in [3.63, 3.8) is 0 Å². The lowest BCUT2D eigenvalue weighted by atomic mass is 10.0. The summed E-state index contributed by atoms with van der Waals surface area (Å²) in [5, 5.41) is 3.62. The first-order valence-electron chi connectivity index (χ1n) is 6.94. The maximum atomic E-state index is 12.0. The molecule has 0 radical (unpaired) electrons. The van der Waals surface area contributed by atoms with E-state index in [0.29, 0.717) is 11.6 Å². The van der Waals surface area contributed by atoms with Crippen molar-refractivity contribution < 1.29 is 9.69 Å². The van der Waals surface area contributed by atoms with E-state index in [4.69, 9.17) is 11.6 Å². The summed E-state index contributed by atoms with van der Waals surface area (Å²) < 4.78 is 0. The molecule has 2 N–H and O–H groups in total. The van der Waals surface area contributed by atoms with Crippen LogP contribution in [0.3, 0.4) is 0 Å². The number of likely N-dealkylation sites (tertiary alicyclic amines) is 1. The number of carbonyl (C=O) groups is 1. The molecule has 0 bridgehead atoms. The largest absolute Gasteiger partial charge is 0.327 e. The van der Waals surface area contributed by atoms with Crippen molar-refractivity contribution in [2.45, 2.75) is 26.7 Å². The first-order chi connectivity index (χ1) is 9.04. The molecule has 0 saturated carbocycles. The van der Waals surface area contributed by atoms with Crippen LogP contribution in [0.2, 0.25) is 5.02 Å². The van der Waals surface area contributed by atoms with Gasteiger partial charge >= 0.3 is 0 Å². The van der Waals surface area contributed by atoms with Crippen LogP contribution in [0, 0.1) is 12.8 Å². The Morgan fingerprint density at radius 1 is 1.53 bits per heavy atom. The zero-order valence-corrected chi connectivity index (χ0v) is 12.4. The number of benzene rings is 1. The van der Waals surface area contributed by atoms with Crippen LogP contribution >= 0.6 is 11.6 Å². The van der Waals surface area contributed by atoms with E-state index >= 15 is 0 Å². The topological polar surface area (TPSA) is 33.5 Å². The van der Waals surface area contributed by atoms with Crippen LogP contribution in [0.15, 0.2) is 18.2 Å². The van der Waals surface area contributed by atoms with Crippen LogP contribution in [0.4, 0.5) is 5.69 Å². The second-order valence-corrected chi connectivity index (χ2v) is 6.05. The molecule has 0 aliphatic carbocycles. The molecule has 0 spiro atoms. The predicted octanol–water partition coefficient (Wildman–Crippen LogP) is 1.90. The molecule has 19 heavy (non-hydrogen) atoms. The number of quaternary nitrogens is 1. The number of carbonyl (C=O) groups excluding carboxylic acids is 1. The van der Waals surface area contributed by atoms with Crippen LogP contribution < -0.4 is 10.2 Å². The second kappa shape index (κ2) is 6.40. The molecule has 1 heterocycles. The van der Waals surface area contributed by atoms with Crippen LogP contribution in [-0.2, 0) is 4.79 Å². The smallest absolute Gasteiger partial charge is 0.279 e. The molecule has 1 aliphatic heterocycles. The standard InChI is InChI=1S/C15H21ClN2O/c1-11-4-3-7-18(9-11)10-15(19)17-13-6-5-12(2)14(16)8-13/h5-6,8,11H,3-4,7,9-10H2,1-2H3,(H,17,19)/p+1/t11-/m1/s1.